The molecule has 0 saturated carbocycles. The van der Waals surface area contributed by atoms with Crippen molar-refractivity contribution in [3.63, 3.8) is 0 Å². The minimum atomic E-state index is -0.874. The Hall–Kier alpha value is -6.82. The molecule has 0 N–H and O–H groups in total. The molecule has 0 spiro atoms. The zero-order valence-electron chi connectivity index (χ0n) is 30.0. The molecule has 0 bridgehead atoms. The summed E-state index contributed by atoms with van der Waals surface area (Å²) < 4.78 is 24.4. The van der Waals surface area contributed by atoms with E-state index in [1.54, 1.807) is 125 Å². The summed E-state index contributed by atoms with van der Waals surface area (Å²) in [4.78, 5) is 82.4. The summed E-state index contributed by atoms with van der Waals surface area (Å²) in [5, 5.41) is 0. The Labute approximate surface area is 309 Å². The predicted molar refractivity (Wildman–Crippen MR) is 197 cm³/mol. The maximum Gasteiger partial charge on any atom is 0.341 e. The molecule has 0 amide bonds. The molecule has 12 nitrogen and oxygen atoms in total. The van der Waals surface area contributed by atoms with E-state index in [9.17, 15) is 28.8 Å². The highest BCUT2D eigenvalue weighted by Gasteiger charge is 2.35. The van der Waals surface area contributed by atoms with Crippen molar-refractivity contribution in [2.24, 2.45) is 0 Å². The number of carbonyl (C=O) groups is 6. The normalized spacial score (nSPS) is 11.0. The van der Waals surface area contributed by atoms with Gasteiger partial charge in [0, 0.05) is 23.5 Å². The van der Waals surface area contributed by atoms with Crippen molar-refractivity contribution in [1.29, 1.82) is 0 Å². The number of ether oxygens (including phenoxy) is 4. The first-order valence-corrected chi connectivity index (χ1v) is 17.4. The molecular formula is C42H36N2O10. The van der Waals surface area contributed by atoms with Crippen LogP contribution in [0.5, 0.6) is 0 Å². The molecule has 0 aliphatic carbocycles. The van der Waals surface area contributed by atoms with E-state index in [1.807, 2.05) is 0 Å². The van der Waals surface area contributed by atoms with E-state index in [1.165, 1.54) is 8.80 Å². The Bertz CT molecular complexity index is 2270. The number of esters is 4. The van der Waals surface area contributed by atoms with Crippen LogP contribution >= 0.6 is 0 Å². The second kappa shape index (κ2) is 15.8. The number of aromatic nitrogens is 2. The largest absolute Gasteiger partial charge is 0.462 e. The molecule has 0 saturated heterocycles. The molecule has 4 aromatic heterocycles. The van der Waals surface area contributed by atoms with Crippen LogP contribution in [0.3, 0.4) is 0 Å². The van der Waals surface area contributed by atoms with Crippen molar-refractivity contribution in [2.45, 2.75) is 27.7 Å². The molecule has 0 atom stereocenters. The lowest BCUT2D eigenvalue weighted by Gasteiger charge is -2.09. The molecule has 6 rings (SSSR count). The third-order valence-corrected chi connectivity index (χ3v) is 8.63. The first-order chi connectivity index (χ1) is 26.2. The molecule has 0 aliphatic heterocycles. The lowest BCUT2D eigenvalue weighted by atomic mass is 10.0. The monoisotopic (exact) mass is 728 g/mol. The summed E-state index contributed by atoms with van der Waals surface area (Å²) in [5.74, 6) is -4.46. The van der Waals surface area contributed by atoms with Crippen LogP contribution in [-0.4, -0.2) is 70.7 Å². The fourth-order valence-electron chi connectivity index (χ4n) is 6.39. The lowest BCUT2D eigenvalue weighted by molar-refractivity contribution is 0.0480. The maximum atomic E-state index is 14.0. The number of benzene rings is 2. The number of hydrogen-bond acceptors (Lipinski definition) is 10. The number of rotatable bonds is 13. The number of ketones is 2. The van der Waals surface area contributed by atoms with Crippen LogP contribution in [0.2, 0.25) is 0 Å². The van der Waals surface area contributed by atoms with Gasteiger partial charge in [0.25, 0.3) is 0 Å². The van der Waals surface area contributed by atoms with E-state index in [0.717, 1.165) is 0 Å². The van der Waals surface area contributed by atoms with Gasteiger partial charge in [-0.2, -0.15) is 0 Å². The lowest BCUT2D eigenvalue weighted by Crippen LogP contribution is -2.16. The zero-order valence-corrected chi connectivity index (χ0v) is 30.0. The van der Waals surface area contributed by atoms with Crippen molar-refractivity contribution >= 4 is 46.5 Å². The van der Waals surface area contributed by atoms with Gasteiger partial charge in [-0.3, -0.25) is 9.59 Å². The molecule has 6 aromatic rings. The standard InChI is InChI=1S/C42H36N2O10/c1-5-51-39(47)31-29-23-27(19-21-43(29)35(33(31)41(49)53-7-3)37(45)25-15-11-9-12-16-25)28-20-22-44-30(24-28)32(40(48)52-6-2)34(42(50)54-8-4)36(44)38(46)26-17-13-10-14-18-26/h9-24H,5-8H2,1-4H3. The Morgan fingerprint density at radius 1 is 0.444 bits per heavy atom. The van der Waals surface area contributed by atoms with Crippen molar-refractivity contribution in [2.75, 3.05) is 26.4 Å². The Morgan fingerprint density at radius 3 is 1.07 bits per heavy atom. The Morgan fingerprint density at radius 2 is 0.759 bits per heavy atom. The number of carbonyl (C=O) groups excluding carboxylic acids is 6. The van der Waals surface area contributed by atoms with Crippen LogP contribution in [0.1, 0.15) is 101 Å². The van der Waals surface area contributed by atoms with Gasteiger partial charge in [-0.15, -0.1) is 0 Å². The van der Waals surface area contributed by atoms with Crippen LogP contribution in [0, 0.1) is 0 Å². The van der Waals surface area contributed by atoms with Gasteiger partial charge < -0.3 is 27.7 Å². The van der Waals surface area contributed by atoms with E-state index < -0.39 is 35.4 Å². The van der Waals surface area contributed by atoms with Crippen LogP contribution in [0.4, 0.5) is 0 Å². The maximum absolute atomic E-state index is 14.0. The third-order valence-electron chi connectivity index (χ3n) is 8.63. The summed E-state index contributed by atoms with van der Waals surface area (Å²) >= 11 is 0. The van der Waals surface area contributed by atoms with Gasteiger partial charge in [0.05, 0.1) is 37.5 Å². The predicted octanol–water partition coefficient (Wildman–Crippen LogP) is 7.03. The molecule has 0 radical (unpaired) electrons. The van der Waals surface area contributed by atoms with Crippen LogP contribution in [-0.2, 0) is 18.9 Å². The summed E-state index contributed by atoms with van der Waals surface area (Å²) in [7, 11) is 0. The van der Waals surface area contributed by atoms with E-state index >= 15 is 0 Å². The number of nitrogens with zero attached hydrogens (tertiary/aromatic N) is 2. The fourth-order valence-corrected chi connectivity index (χ4v) is 6.39. The van der Waals surface area contributed by atoms with Crippen LogP contribution in [0.15, 0.2) is 97.3 Å². The van der Waals surface area contributed by atoms with Gasteiger partial charge in [0.15, 0.2) is 0 Å². The highest BCUT2D eigenvalue weighted by atomic mass is 16.5. The molecule has 0 unspecified atom stereocenters. The van der Waals surface area contributed by atoms with Crippen molar-refractivity contribution < 1.29 is 47.7 Å². The first-order valence-electron chi connectivity index (χ1n) is 17.4. The highest BCUT2D eigenvalue weighted by molar-refractivity contribution is 6.21. The minimum absolute atomic E-state index is 0.00551. The Balaban J connectivity index is 1.64. The third kappa shape index (κ3) is 6.65. The fraction of sp³-hybridized carbons (Fsp3) is 0.190. The van der Waals surface area contributed by atoms with E-state index in [4.69, 9.17) is 18.9 Å². The quantitative estimate of drug-likeness (QED) is 0.0690. The highest BCUT2D eigenvalue weighted by Crippen LogP contribution is 2.34. The molecule has 54 heavy (non-hydrogen) atoms. The average molecular weight is 729 g/mol. The average Bonchev–Trinajstić information content (AvgIpc) is 3.71. The number of hydrogen-bond donors (Lipinski definition) is 0. The summed E-state index contributed by atoms with van der Waals surface area (Å²) in [6.07, 6.45) is 3.10. The Kier molecular flexibility index (Phi) is 10.8. The first kappa shape index (κ1) is 37.0. The molecule has 12 heteroatoms. The van der Waals surface area contributed by atoms with Crippen molar-refractivity contribution in [1.82, 2.24) is 8.80 Å². The minimum Gasteiger partial charge on any atom is -0.462 e. The van der Waals surface area contributed by atoms with Crippen LogP contribution in [0.25, 0.3) is 22.2 Å². The summed E-state index contributed by atoms with van der Waals surface area (Å²) in [5.41, 5.74) is 0.947. The molecule has 0 fully saturated rings. The van der Waals surface area contributed by atoms with Crippen LogP contribution < -0.4 is 0 Å². The smallest absolute Gasteiger partial charge is 0.341 e. The van der Waals surface area contributed by atoms with E-state index in [2.05, 4.69) is 0 Å². The topological polar surface area (TPSA) is 148 Å². The van der Waals surface area contributed by atoms with Gasteiger partial charge in [-0.1, -0.05) is 60.7 Å². The molecular weight excluding hydrogens is 692 g/mol. The van der Waals surface area contributed by atoms with Gasteiger partial charge >= 0.3 is 23.9 Å². The van der Waals surface area contributed by atoms with Gasteiger partial charge in [0.2, 0.25) is 11.6 Å². The summed E-state index contributed by atoms with van der Waals surface area (Å²) in [6.45, 7) is 6.43. The van der Waals surface area contributed by atoms with E-state index in [-0.39, 0.29) is 82.2 Å². The second-order valence-corrected chi connectivity index (χ2v) is 11.8. The van der Waals surface area contributed by atoms with Crippen molar-refractivity contribution in [3.8, 4) is 11.1 Å². The van der Waals surface area contributed by atoms with Crippen molar-refractivity contribution in [3.05, 3.63) is 142 Å². The second-order valence-electron chi connectivity index (χ2n) is 11.8. The number of pyridine rings is 2. The zero-order chi connectivity index (χ0) is 38.5. The van der Waals surface area contributed by atoms with E-state index in [0.29, 0.717) is 11.1 Å². The van der Waals surface area contributed by atoms with Gasteiger partial charge in [-0.25, -0.2) is 19.2 Å². The molecule has 274 valence electrons. The summed E-state index contributed by atoms with van der Waals surface area (Å²) in [6, 6.07) is 23.2. The van der Waals surface area contributed by atoms with Gasteiger partial charge in [0.1, 0.15) is 33.6 Å². The molecule has 4 heterocycles. The SMILES string of the molecule is CCOC(=O)c1c(C(=O)OCC)c2cc(-c3ccn4c(C(=O)c5ccccc5)c(C(=O)OCC)c(C(=O)OCC)c4c3)ccn2c1C(=O)c1ccccc1. The van der Waals surface area contributed by atoms with Gasteiger partial charge in [-0.05, 0) is 63.1 Å². The number of fused-ring (bicyclic) bond motifs is 2. The molecule has 2 aromatic carbocycles. The molecule has 0 aliphatic rings.